The van der Waals surface area contributed by atoms with Crippen molar-refractivity contribution in [2.45, 2.75) is 38.6 Å². The van der Waals surface area contributed by atoms with Crippen LogP contribution in [0.1, 0.15) is 38.7 Å². The molecule has 0 heterocycles. The Morgan fingerprint density at radius 3 is 2.21 bits per heavy atom. The van der Waals surface area contributed by atoms with Crippen molar-refractivity contribution in [3.63, 3.8) is 0 Å². The van der Waals surface area contributed by atoms with Gasteiger partial charge in [0, 0.05) is 5.54 Å². The van der Waals surface area contributed by atoms with E-state index in [-0.39, 0.29) is 5.54 Å². The molecule has 0 saturated carbocycles. The highest BCUT2D eigenvalue weighted by Gasteiger charge is 2.16. The molecule has 0 aliphatic rings. The molecule has 0 aliphatic heterocycles. The molecular weight excluding hydrogens is 174 g/mol. The normalized spacial score (nSPS) is 14.0. The van der Waals surface area contributed by atoms with Gasteiger partial charge in [0.05, 0.1) is 0 Å². The maximum Gasteiger partial charge on any atom is 0.115 e. The summed E-state index contributed by atoms with van der Waals surface area (Å²) in [4.78, 5) is 0. The standard InChI is InChI=1S/C12H19NO/c1-9(8-12(2,3)13)10-4-6-11(14)7-5-10/h4-7,9,14H,8,13H2,1-3H3. The van der Waals surface area contributed by atoms with E-state index in [0.717, 1.165) is 6.42 Å². The molecule has 0 amide bonds. The van der Waals surface area contributed by atoms with Crippen molar-refractivity contribution >= 4 is 0 Å². The van der Waals surface area contributed by atoms with Gasteiger partial charge in [-0.25, -0.2) is 0 Å². The fraction of sp³-hybridized carbons (Fsp3) is 0.500. The number of benzene rings is 1. The Morgan fingerprint density at radius 1 is 1.29 bits per heavy atom. The predicted molar refractivity (Wildman–Crippen MR) is 59.4 cm³/mol. The lowest BCUT2D eigenvalue weighted by Crippen LogP contribution is -2.33. The fourth-order valence-electron chi connectivity index (χ4n) is 1.71. The van der Waals surface area contributed by atoms with Crippen LogP contribution in [0.3, 0.4) is 0 Å². The Bertz CT molecular complexity index is 284. The second-order valence-electron chi connectivity index (χ2n) is 4.69. The van der Waals surface area contributed by atoms with E-state index >= 15 is 0 Å². The van der Waals surface area contributed by atoms with Gasteiger partial charge in [-0.05, 0) is 43.9 Å². The molecule has 0 bridgehead atoms. The number of phenolic OH excluding ortho intramolecular Hbond substituents is 1. The van der Waals surface area contributed by atoms with Gasteiger partial charge in [-0.2, -0.15) is 0 Å². The van der Waals surface area contributed by atoms with Gasteiger partial charge in [0.2, 0.25) is 0 Å². The molecule has 1 aromatic rings. The SMILES string of the molecule is CC(CC(C)(C)N)c1ccc(O)cc1. The highest BCUT2D eigenvalue weighted by atomic mass is 16.3. The Balaban J connectivity index is 2.70. The van der Waals surface area contributed by atoms with Crippen molar-refractivity contribution in [3.05, 3.63) is 29.8 Å². The summed E-state index contributed by atoms with van der Waals surface area (Å²) in [5.74, 6) is 0.739. The molecule has 0 saturated heterocycles. The summed E-state index contributed by atoms with van der Waals surface area (Å²) in [5.41, 5.74) is 7.04. The highest BCUT2D eigenvalue weighted by Crippen LogP contribution is 2.25. The highest BCUT2D eigenvalue weighted by molar-refractivity contribution is 5.28. The summed E-state index contributed by atoms with van der Waals surface area (Å²) in [7, 11) is 0. The third-order valence-electron chi connectivity index (χ3n) is 2.29. The van der Waals surface area contributed by atoms with Crippen LogP contribution in [0.2, 0.25) is 0 Å². The minimum Gasteiger partial charge on any atom is -0.508 e. The lowest BCUT2D eigenvalue weighted by Gasteiger charge is -2.23. The molecule has 14 heavy (non-hydrogen) atoms. The monoisotopic (exact) mass is 193 g/mol. The first-order valence-electron chi connectivity index (χ1n) is 4.96. The van der Waals surface area contributed by atoms with Gasteiger partial charge in [-0.3, -0.25) is 0 Å². The zero-order valence-corrected chi connectivity index (χ0v) is 9.12. The first kappa shape index (κ1) is 11.1. The van der Waals surface area contributed by atoms with Crippen LogP contribution in [0.5, 0.6) is 5.75 Å². The van der Waals surface area contributed by atoms with Crippen molar-refractivity contribution in [2.24, 2.45) is 5.73 Å². The van der Waals surface area contributed by atoms with Gasteiger partial charge in [0.1, 0.15) is 5.75 Å². The van der Waals surface area contributed by atoms with Gasteiger partial charge < -0.3 is 10.8 Å². The molecular formula is C12H19NO. The van der Waals surface area contributed by atoms with Crippen LogP contribution in [0.4, 0.5) is 0 Å². The molecule has 78 valence electrons. The summed E-state index contributed by atoms with van der Waals surface area (Å²) in [6.45, 7) is 6.22. The van der Waals surface area contributed by atoms with Gasteiger partial charge in [0.25, 0.3) is 0 Å². The van der Waals surface area contributed by atoms with Crippen LogP contribution in [0.25, 0.3) is 0 Å². The largest absolute Gasteiger partial charge is 0.508 e. The van der Waals surface area contributed by atoms with Crippen LogP contribution in [-0.2, 0) is 0 Å². The predicted octanol–water partition coefficient (Wildman–Crippen LogP) is 2.62. The zero-order valence-electron chi connectivity index (χ0n) is 9.12. The van der Waals surface area contributed by atoms with Crippen LogP contribution in [0, 0.1) is 0 Å². The molecule has 1 unspecified atom stereocenters. The van der Waals surface area contributed by atoms with Crippen LogP contribution < -0.4 is 5.73 Å². The molecule has 2 nitrogen and oxygen atoms in total. The lowest BCUT2D eigenvalue weighted by molar-refractivity contribution is 0.437. The minimum atomic E-state index is -0.142. The quantitative estimate of drug-likeness (QED) is 0.775. The summed E-state index contributed by atoms with van der Waals surface area (Å²) in [6, 6.07) is 7.34. The van der Waals surface area contributed by atoms with Crippen LogP contribution >= 0.6 is 0 Å². The average molecular weight is 193 g/mol. The summed E-state index contributed by atoms with van der Waals surface area (Å²) in [5, 5.41) is 9.15. The molecule has 0 radical (unpaired) electrons. The van der Waals surface area contributed by atoms with E-state index in [0.29, 0.717) is 11.7 Å². The van der Waals surface area contributed by atoms with E-state index in [9.17, 15) is 0 Å². The van der Waals surface area contributed by atoms with Crippen molar-refractivity contribution in [2.75, 3.05) is 0 Å². The molecule has 0 fully saturated rings. The zero-order chi connectivity index (χ0) is 10.8. The molecule has 1 atom stereocenters. The number of hydrogen-bond acceptors (Lipinski definition) is 2. The van der Waals surface area contributed by atoms with E-state index in [1.165, 1.54) is 5.56 Å². The number of nitrogens with two attached hydrogens (primary N) is 1. The summed E-state index contributed by atoms with van der Waals surface area (Å²) in [6.07, 6.45) is 0.942. The van der Waals surface area contributed by atoms with Gasteiger partial charge in [0.15, 0.2) is 0 Å². The average Bonchev–Trinajstić information content (AvgIpc) is 2.02. The van der Waals surface area contributed by atoms with Gasteiger partial charge in [-0.15, -0.1) is 0 Å². The van der Waals surface area contributed by atoms with E-state index in [4.69, 9.17) is 10.8 Å². The molecule has 1 rings (SSSR count). The third kappa shape index (κ3) is 3.38. The molecule has 1 aromatic carbocycles. The second kappa shape index (κ2) is 4.01. The minimum absolute atomic E-state index is 0.142. The Hall–Kier alpha value is -1.02. The number of hydrogen-bond donors (Lipinski definition) is 2. The Kier molecular flexibility index (Phi) is 3.17. The van der Waals surface area contributed by atoms with E-state index in [1.807, 2.05) is 26.0 Å². The molecule has 3 N–H and O–H groups in total. The first-order chi connectivity index (χ1) is 6.38. The number of phenols is 1. The maximum atomic E-state index is 9.15. The molecule has 2 heteroatoms. The Morgan fingerprint density at radius 2 is 1.79 bits per heavy atom. The number of rotatable bonds is 3. The summed E-state index contributed by atoms with van der Waals surface area (Å²) >= 11 is 0. The number of aromatic hydroxyl groups is 1. The van der Waals surface area contributed by atoms with Crippen molar-refractivity contribution in [1.29, 1.82) is 0 Å². The maximum absolute atomic E-state index is 9.15. The van der Waals surface area contributed by atoms with E-state index in [2.05, 4.69) is 6.92 Å². The van der Waals surface area contributed by atoms with Crippen molar-refractivity contribution < 1.29 is 5.11 Å². The topological polar surface area (TPSA) is 46.2 Å². The lowest BCUT2D eigenvalue weighted by atomic mass is 9.88. The van der Waals surface area contributed by atoms with Gasteiger partial charge >= 0.3 is 0 Å². The first-order valence-corrected chi connectivity index (χ1v) is 4.96. The van der Waals surface area contributed by atoms with E-state index in [1.54, 1.807) is 12.1 Å². The summed E-state index contributed by atoms with van der Waals surface area (Å²) < 4.78 is 0. The third-order valence-corrected chi connectivity index (χ3v) is 2.29. The smallest absolute Gasteiger partial charge is 0.115 e. The molecule has 0 aliphatic carbocycles. The van der Waals surface area contributed by atoms with Crippen LogP contribution in [-0.4, -0.2) is 10.6 Å². The molecule has 0 spiro atoms. The van der Waals surface area contributed by atoms with Crippen LogP contribution in [0.15, 0.2) is 24.3 Å². The Labute approximate surface area is 85.8 Å². The molecule has 0 aromatic heterocycles. The van der Waals surface area contributed by atoms with Gasteiger partial charge in [-0.1, -0.05) is 19.1 Å². The fourth-order valence-corrected chi connectivity index (χ4v) is 1.71. The second-order valence-corrected chi connectivity index (χ2v) is 4.69. The van der Waals surface area contributed by atoms with Crippen molar-refractivity contribution in [3.8, 4) is 5.75 Å². The van der Waals surface area contributed by atoms with Crippen molar-refractivity contribution in [1.82, 2.24) is 0 Å². The van der Waals surface area contributed by atoms with E-state index < -0.39 is 0 Å².